The average molecular weight is 306 g/mol. The van der Waals surface area contributed by atoms with Gasteiger partial charge in [-0.15, -0.1) is 12.4 Å². The molecule has 106 valence electrons. The Labute approximate surface area is 123 Å². The highest BCUT2D eigenvalue weighted by atomic mass is 35.5. The first-order valence-corrected chi connectivity index (χ1v) is 6.33. The maximum atomic E-state index is 11.0. The second kappa shape index (κ2) is 7.05. The van der Waals surface area contributed by atoms with Crippen molar-refractivity contribution in [3.8, 4) is 0 Å². The Bertz CT molecular complexity index is 457. The summed E-state index contributed by atoms with van der Waals surface area (Å²) in [5, 5.41) is 11.4. The molecule has 0 spiro atoms. The minimum atomic E-state index is -0.377. The van der Waals surface area contributed by atoms with Crippen LogP contribution in [0, 0.1) is 16.0 Å². The lowest BCUT2D eigenvalue weighted by Crippen LogP contribution is -2.23. The van der Waals surface area contributed by atoms with E-state index in [1.54, 1.807) is 12.1 Å². The van der Waals surface area contributed by atoms with E-state index in [1.165, 1.54) is 6.07 Å². The highest BCUT2D eigenvalue weighted by Crippen LogP contribution is 2.26. The van der Waals surface area contributed by atoms with E-state index < -0.39 is 0 Å². The van der Waals surface area contributed by atoms with Gasteiger partial charge in [0.05, 0.1) is 4.92 Å². The Morgan fingerprint density at radius 2 is 2.26 bits per heavy atom. The summed E-state index contributed by atoms with van der Waals surface area (Å²) < 4.78 is 0. The third-order valence-corrected chi connectivity index (χ3v) is 3.58. The van der Waals surface area contributed by atoms with E-state index in [-0.39, 0.29) is 23.0 Å². The molecule has 1 aliphatic heterocycles. The monoisotopic (exact) mass is 305 g/mol. The number of nitro groups is 1. The molecule has 7 heteroatoms. The normalized spacial score (nSPS) is 19.2. The van der Waals surface area contributed by atoms with Gasteiger partial charge in [-0.25, -0.2) is 0 Å². The first-order valence-electron chi connectivity index (χ1n) is 5.95. The second-order valence-electron chi connectivity index (χ2n) is 4.66. The molecule has 1 aromatic rings. The third kappa shape index (κ3) is 4.04. The number of hydrogen-bond acceptors (Lipinski definition) is 4. The van der Waals surface area contributed by atoms with E-state index in [9.17, 15) is 10.1 Å². The number of rotatable bonds is 4. The molecule has 2 N–H and O–H groups in total. The zero-order valence-corrected chi connectivity index (χ0v) is 12.0. The molecule has 0 saturated carbocycles. The molecule has 1 aliphatic rings. The fraction of sp³-hybridized carbons (Fsp3) is 0.500. The summed E-state index contributed by atoms with van der Waals surface area (Å²) in [6, 6.07) is 4.84. The van der Waals surface area contributed by atoms with E-state index in [0.29, 0.717) is 29.6 Å². The van der Waals surface area contributed by atoms with E-state index in [2.05, 4.69) is 4.90 Å². The van der Waals surface area contributed by atoms with Crippen LogP contribution in [0.4, 0.5) is 5.69 Å². The summed E-state index contributed by atoms with van der Waals surface area (Å²) in [5.74, 6) is 0.511. The van der Waals surface area contributed by atoms with Gasteiger partial charge in [0.25, 0.3) is 5.69 Å². The van der Waals surface area contributed by atoms with Gasteiger partial charge in [-0.3, -0.25) is 15.0 Å². The second-order valence-corrected chi connectivity index (χ2v) is 5.09. The van der Waals surface area contributed by atoms with Gasteiger partial charge in [-0.05, 0) is 37.6 Å². The molecule has 1 unspecified atom stereocenters. The van der Waals surface area contributed by atoms with Crippen LogP contribution in [0.25, 0.3) is 0 Å². The lowest BCUT2D eigenvalue weighted by atomic mass is 10.1. The van der Waals surface area contributed by atoms with Gasteiger partial charge < -0.3 is 5.73 Å². The summed E-state index contributed by atoms with van der Waals surface area (Å²) in [5.41, 5.74) is 6.44. The van der Waals surface area contributed by atoms with Crippen molar-refractivity contribution >= 4 is 29.7 Å². The van der Waals surface area contributed by atoms with Gasteiger partial charge in [0.2, 0.25) is 0 Å². The van der Waals surface area contributed by atoms with Crippen LogP contribution in [0.3, 0.4) is 0 Å². The molecule has 1 heterocycles. The van der Waals surface area contributed by atoms with Crippen molar-refractivity contribution in [2.24, 2.45) is 11.7 Å². The Hall–Kier alpha value is -0.880. The van der Waals surface area contributed by atoms with Gasteiger partial charge in [-0.2, -0.15) is 0 Å². The highest BCUT2D eigenvalue weighted by Gasteiger charge is 2.24. The largest absolute Gasteiger partial charge is 0.330 e. The maximum absolute atomic E-state index is 11.0. The van der Waals surface area contributed by atoms with Crippen molar-refractivity contribution in [2.45, 2.75) is 13.0 Å². The Balaban J connectivity index is 0.00000180. The molecule has 0 bridgehead atoms. The summed E-state index contributed by atoms with van der Waals surface area (Å²) >= 11 is 5.79. The number of likely N-dealkylation sites (tertiary alicyclic amines) is 1. The number of nitrogens with two attached hydrogens (primary N) is 1. The van der Waals surface area contributed by atoms with Crippen LogP contribution >= 0.6 is 24.0 Å². The van der Waals surface area contributed by atoms with E-state index >= 15 is 0 Å². The predicted octanol–water partition coefficient (Wildman–Crippen LogP) is 2.45. The van der Waals surface area contributed by atoms with Crippen molar-refractivity contribution in [1.82, 2.24) is 4.90 Å². The SMILES string of the molecule is Cl.NCC1CCN(Cc2ccc(Cl)cc2[N+](=O)[O-])C1. The maximum Gasteiger partial charge on any atom is 0.275 e. The van der Waals surface area contributed by atoms with Crippen molar-refractivity contribution in [3.63, 3.8) is 0 Å². The lowest BCUT2D eigenvalue weighted by molar-refractivity contribution is -0.385. The Kier molecular flexibility index (Phi) is 6.00. The van der Waals surface area contributed by atoms with Crippen LogP contribution in [0.15, 0.2) is 18.2 Å². The van der Waals surface area contributed by atoms with Crippen molar-refractivity contribution in [3.05, 3.63) is 38.9 Å². The van der Waals surface area contributed by atoms with Crippen LogP contribution < -0.4 is 5.73 Å². The molecule has 1 atom stereocenters. The fourth-order valence-electron chi connectivity index (χ4n) is 2.33. The molecule has 19 heavy (non-hydrogen) atoms. The molecule has 0 aromatic heterocycles. The standard InChI is InChI=1S/C12H16ClN3O2.ClH/c13-11-2-1-10(12(5-11)16(17)18)8-15-4-3-9(6-14)7-15;/h1-2,5,9H,3-4,6-8,14H2;1H. The molecule has 1 fully saturated rings. The molecule has 0 amide bonds. The molecular formula is C12H17Cl2N3O2. The first kappa shape index (κ1) is 16.2. The summed E-state index contributed by atoms with van der Waals surface area (Å²) in [6.07, 6.45) is 1.07. The third-order valence-electron chi connectivity index (χ3n) is 3.34. The van der Waals surface area contributed by atoms with Crippen LogP contribution in [0.5, 0.6) is 0 Å². The number of benzene rings is 1. The molecule has 2 rings (SSSR count). The van der Waals surface area contributed by atoms with Gasteiger partial charge in [0, 0.05) is 29.7 Å². The molecule has 0 radical (unpaired) electrons. The van der Waals surface area contributed by atoms with Gasteiger partial charge in [0.15, 0.2) is 0 Å². The summed E-state index contributed by atoms with van der Waals surface area (Å²) in [4.78, 5) is 12.8. The van der Waals surface area contributed by atoms with Gasteiger partial charge >= 0.3 is 0 Å². The number of nitro benzene ring substituents is 1. The predicted molar refractivity (Wildman–Crippen MR) is 77.8 cm³/mol. The Morgan fingerprint density at radius 1 is 1.53 bits per heavy atom. The molecule has 1 aromatic carbocycles. The molecule has 1 saturated heterocycles. The first-order chi connectivity index (χ1) is 8.60. The fourth-order valence-corrected chi connectivity index (χ4v) is 2.50. The van der Waals surface area contributed by atoms with Crippen molar-refractivity contribution < 1.29 is 4.92 Å². The molecule has 5 nitrogen and oxygen atoms in total. The summed E-state index contributed by atoms with van der Waals surface area (Å²) in [6.45, 7) is 3.13. The Morgan fingerprint density at radius 3 is 2.84 bits per heavy atom. The average Bonchev–Trinajstić information content (AvgIpc) is 2.79. The minimum absolute atomic E-state index is 0. The summed E-state index contributed by atoms with van der Waals surface area (Å²) in [7, 11) is 0. The van der Waals surface area contributed by atoms with Gasteiger partial charge in [0.1, 0.15) is 0 Å². The number of nitrogens with zero attached hydrogens (tertiary/aromatic N) is 2. The quantitative estimate of drug-likeness (QED) is 0.685. The smallest absolute Gasteiger partial charge is 0.275 e. The zero-order valence-electron chi connectivity index (χ0n) is 10.4. The van der Waals surface area contributed by atoms with Crippen molar-refractivity contribution in [2.75, 3.05) is 19.6 Å². The minimum Gasteiger partial charge on any atom is -0.330 e. The van der Waals surface area contributed by atoms with Crippen molar-refractivity contribution in [1.29, 1.82) is 0 Å². The van der Waals surface area contributed by atoms with Crippen LogP contribution in [-0.4, -0.2) is 29.5 Å². The zero-order chi connectivity index (χ0) is 13.1. The van der Waals surface area contributed by atoms with E-state index in [4.69, 9.17) is 17.3 Å². The van der Waals surface area contributed by atoms with E-state index in [1.807, 2.05) is 0 Å². The lowest BCUT2D eigenvalue weighted by Gasteiger charge is -2.15. The number of halogens is 2. The molecule has 0 aliphatic carbocycles. The number of hydrogen-bond donors (Lipinski definition) is 1. The topological polar surface area (TPSA) is 72.4 Å². The van der Waals surface area contributed by atoms with Crippen LogP contribution in [0.1, 0.15) is 12.0 Å². The van der Waals surface area contributed by atoms with Crippen LogP contribution in [-0.2, 0) is 6.54 Å². The van der Waals surface area contributed by atoms with Gasteiger partial charge in [-0.1, -0.05) is 11.6 Å². The highest BCUT2D eigenvalue weighted by molar-refractivity contribution is 6.30. The molecular weight excluding hydrogens is 289 g/mol. The van der Waals surface area contributed by atoms with Crippen LogP contribution in [0.2, 0.25) is 5.02 Å². The van der Waals surface area contributed by atoms with E-state index in [0.717, 1.165) is 19.5 Å².